The Balaban J connectivity index is 1.63. The van der Waals surface area contributed by atoms with Crippen LogP contribution in [-0.2, 0) is 14.8 Å². The second kappa shape index (κ2) is 8.90. The molecule has 6 nitrogen and oxygen atoms in total. The number of anilines is 2. The lowest BCUT2D eigenvalue weighted by molar-refractivity contribution is -0.115. The molecule has 0 aliphatic heterocycles. The predicted molar refractivity (Wildman–Crippen MR) is 112 cm³/mol. The third-order valence-corrected chi connectivity index (χ3v) is 6.24. The summed E-state index contributed by atoms with van der Waals surface area (Å²) < 4.78 is 27.2. The minimum atomic E-state index is -3.74. The average Bonchev–Trinajstić information content (AvgIpc) is 2.69. The van der Waals surface area contributed by atoms with E-state index in [0.29, 0.717) is 5.69 Å². The van der Waals surface area contributed by atoms with Crippen molar-refractivity contribution in [2.75, 3.05) is 10.0 Å². The Bertz CT molecular complexity index is 1030. The standard InChI is InChI=1S/C20H19N3O3S2/c1-15(27-17-7-3-2-4-8-17)20(24)22-16-10-12-18(13-11-16)28(25,26)23-19-9-5-6-14-21-19/h2-15H,1H3,(H,21,23)(H,22,24). The van der Waals surface area contributed by atoms with Gasteiger partial charge in [0.05, 0.1) is 10.1 Å². The van der Waals surface area contributed by atoms with Gasteiger partial charge in [-0.15, -0.1) is 11.8 Å². The maximum absolute atomic E-state index is 12.4. The molecule has 0 aliphatic rings. The van der Waals surface area contributed by atoms with Gasteiger partial charge in [0, 0.05) is 16.8 Å². The van der Waals surface area contributed by atoms with Crippen molar-refractivity contribution in [2.24, 2.45) is 0 Å². The maximum Gasteiger partial charge on any atom is 0.263 e. The van der Waals surface area contributed by atoms with Gasteiger partial charge in [-0.3, -0.25) is 9.52 Å². The van der Waals surface area contributed by atoms with E-state index in [1.807, 2.05) is 37.3 Å². The Morgan fingerprint density at radius 1 is 0.964 bits per heavy atom. The largest absolute Gasteiger partial charge is 0.325 e. The molecule has 2 N–H and O–H groups in total. The molecular formula is C20H19N3O3S2. The zero-order valence-electron chi connectivity index (χ0n) is 15.1. The molecule has 2 aromatic carbocycles. The molecule has 0 saturated carbocycles. The molecule has 0 aliphatic carbocycles. The first-order valence-corrected chi connectivity index (χ1v) is 10.9. The van der Waals surface area contributed by atoms with Crippen LogP contribution >= 0.6 is 11.8 Å². The van der Waals surface area contributed by atoms with E-state index >= 15 is 0 Å². The molecule has 1 aromatic heterocycles. The Hall–Kier alpha value is -2.84. The minimum Gasteiger partial charge on any atom is -0.325 e. The van der Waals surface area contributed by atoms with Crippen LogP contribution in [-0.4, -0.2) is 24.6 Å². The highest BCUT2D eigenvalue weighted by Gasteiger charge is 2.17. The summed E-state index contributed by atoms with van der Waals surface area (Å²) in [6.07, 6.45) is 1.51. The topological polar surface area (TPSA) is 88.2 Å². The number of carbonyl (C=O) groups is 1. The van der Waals surface area contributed by atoms with Crippen molar-refractivity contribution < 1.29 is 13.2 Å². The van der Waals surface area contributed by atoms with Crippen LogP contribution in [0.1, 0.15) is 6.92 Å². The summed E-state index contributed by atoms with van der Waals surface area (Å²) in [6.45, 7) is 1.82. The fourth-order valence-electron chi connectivity index (χ4n) is 2.34. The van der Waals surface area contributed by atoms with Crippen molar-refractivity contribution in [3.63, 3.8) is 0 Å². The monoisotopic (exact) mass is 413 g/mol. The van der Waals surface area contributed by atoms with E-state index in [1.54, 1.807) is 30.3 Å². The van der Waals surface area contributed by atoms with Gasteiger partial charge >= 0.3 is 0 Å². The molecule has 3 rings (SSSR count). The third kappa shape index (κ3) is 5.34. The Morgan fingerprint density at radius 2 is 1.64 bits per heavy atom. The van der Waals surface area contributed by atoms with E-state index < -0.39 is 10.0 Å². The van der Waals surface area contributed by atoms with Crippen molar-refractivity contribution in [1.82, 2.24) is 4.98 Å². The van der Waals surface area contributed by atoms with Gasteiger partial charge in [0.25, 0.3) is 10.0 Å². The molecule has 8 heteroatoms. The average molecular weight is 414 g/mol. The van der Waals surface area contributed by atoms with Crippen molar-refractivity contribution in [3.8, 4) is 0 Å². The summed E-state index contributed by atoms with van der Waals surface area (Å²) in [4.78, 5) is 17.4. The first-order chi connectivity index (χ1) is 13.4. The summed E-state index contributed by atoms with van der Waals surface area (Å²) in [5.41, 5.74) is 0.530. The summed E-state index contributed by atoms with van der Waals surface area (Å²) >= 11 is 1.45. The SMILES string of the molecule is CC(Sc1ccccc1)C(=O)Nc1ccc(S(=O)(=O)Nc2ccccn2)cc1. The minimum absolute atomic E-state index is 0.0860. The van der Waals surface area contributed by atoms with E-state index in [4.69, 9.17) is 0 Å². The normalized spacial score (nSPS) is 12.2. The number of sulfonamides is 1. The molecule has 1 unspecified atom stereocenters. The van der Waals surface area contributed by atoms with E-state index in [0.717, 1.165) is 4.90 Å². The van der Waals surface area contributed by atoms with Gasteiger partial charge in [-0.25, -0.2) is 13.4 Å². The molecular weight excluding hydrogens is 394 g/mol. The quantitative estimate of drug-likeness (QED) is 0.572. The molecule has 0 spiro atoms. The van der Waals surface area contributed by atoms with Crippen molar-refractivity contribution in [2.45, 2.75) is 22.0 Å². The molecule has 0 radical (unpaired) electrons. The fraction of sp³-hybridized carbons (Fsp3) is 0.100. The highest BCUT2D eigenvalue weighted by Crippen LogP contribution is 2.24. The highest BCUT2D eigenvalue weighted by molar-refractivity contribution is 8.00. The number of aromatic nitrogens is 1. The first kappa shape index (κ1) is 19.9. The van der Waals surface area contributed by atoms with Crippen molar-refractivity contribution in [1.29, 1.82) is 0 Å². The van der Waals surface area contributed by atoms with Crippen molar-refractivity contribution in [3.05, 3.63) is 79.0 Å². The van der Waals surface area contributed by atoms with E-state index in [1.165, 1.54) is 30.1 Å². The summed E-state index contributed by atoms with van der Waals surface area (Å²) in [5, 5.41) is 2.51. The molecule has 3 aromatic rings. The van der Waals surface area contributed by atoms with Gasteiger partial charge in [0.2, 0.25) is 5.91 Å². The zero-order chi connectivity index (χ0) is 20.0. The van der Waals surface area contributed by atoms with Gasteiger partial charge in [-0.05, 0) is 55.5 Å². The van der Waals surface area contributed by atoms with Crippen LogP contribution in [0, 0.1) is 0 Å². The van der Waals surface area contributed by atoms with E-state index in [9.17, 15) is 13.2 Å². The number of nitrogens with one attached hydrogen (secondary N) is 2. The van der Waals surface area contributed by atoms with Crippen LogP contribution < -0.4 is 10.0 Å². The molecule has 0 fully saturated rings. The number of pyridine rings is 1. The number of carbonyl (C=O) groups excluding carboxylic acids is 1. The summed E-state index contributed by atoms with van der Waals surface area (Å²) in [7, 11) is -3.74. The van der Waals surface area contributed by atoms with Crippen LogP contribution in [0.4, 0.5) is 11.5 Å². The second-order valence-electron chi connectivity index (χ2n) is 5.91. The third-order valence-electron chi connectivity index (χ3n) is 3.76. The second-order valence-corrected chi connectivity index (χ2v) is 9.00. The van der Waals surface area contributed by atoms with Crippen LogP contribution in [0.25, 0.3) is 0 Å². The van der Waals surface area contributed by atoms with Gasteiger partial charge in [-0.1, -0.05) is 24.3 Å². The van der Waals surface area contributed by atoms with Gasteiger partial charge in [0.15, 0.2) is 0 Å². The number of hydrogen-bond acceptors (Lipinski definition) is 5. The van der Waals surface area contributed by atoms with Crippen LogP contribution in [0.3, 0.4) is 0 Å². The lowest BCUT2D eigenvalue weighted by atomic mass is 10.3. The van der Waals surface area contributed by atoms with E-state index in [2.05, 4.69) is 15.0 Å². The fourth-order valence-corrected chi connectivity index (χ4v) is 4.23. The summed E-state index contributed by atoms with van der Waals surface area (Å²) in [6, 6.07) is 20.6. The van der Waals surface area contributed by atoms with Crippen LogP contribution in [0.2, 0.25) is 0 Å². The molecule has 1 heterocycles. The van der Waals surface area contributed by atoms with Crippen LogP contribution in [0.5, 0.6) is 0 Å². The maximum atomic E-state index is 12.4. The van der Waals surface area contributed by atoms with Crippen LogP contribution in [0.15, 0.2) is 88.8 Å². The highest BCUT2D eigenvalue weighted by atomic mass is 32.2. The molecule has 28 heavy (non-hydrogen) atoms. The lowest BCUT2D eigenvalue weighted by Crippen LogP contribution is -2.22. The molecule has 0 bridgehead atoms. The van der Waals surface area contributed by atoms with E-state index in [-0.39, 0.29) is 21.9 Å². The molecule has 1 atom stereocenters. The van der Waals surface area contributed by atoms with Crippen molar-refractivity contribution >= 4 is 39.2 Å². The molecule has 1 amide bonds. The number of nitrogens with zero attached hydrogens (tertiary/aromatic N) is 1. The molecule has 0 saturated heterocycles. The zero-order valence-corrected chi connectivity index (χ0v) is 16.7. The number of amides is 1. The number of rotatable bonds is 7. The smallest absolute Gasteiger partial charge is 0.263 e. The lowest BCUT2D eigenvalue weighted by Gasteiger charge is -2.12. The Morgan fingerprint density at radius 3 is 2.29 bits per heavy atom. The number of thioether (sulfide) groups is 1. The number of hydrogen-bond donors (Lipinski definition) is 2. The first-order valence-electron chi connectivity index (χ1n) is 8.50. The Kier molecular flexibility index (Phi) is 6.33. The summed E-state index contributed by atoms with van der Waals surface area (Å²) in [5.74, 6) is 0.0858. The predicted octanol–water partition coefficient (Wildman–Crippen LogP) is 4.00. The van der Waals surface area contributed by atoms with Gasteiger partial charge in [0.1, 0.15) is 5.82 Å². The van der Waals surface area contributed by atoms with Gasteiger partial charge < -0.3 is 5.32 Å². The Labute approximate surface area is 168 Å². The molecule has 144 valence electrons. The number of benzene rings is 2. The van der Waals surface area contributed by atoms with Gasteiger partial charge in [-0.2, -0.15) is 0 Å².